The molecule has 2 aromatic rings. The first-order chi connectivity index (χ1) is 13.2. The molecule has 7 nitrogen and oxygen atoms in total. The maximum Gasteiger partial charge on any atom is 0.242 e. The fourth-order valence-electron chi connectivity index (χ4n) is 3.25. The molecule has 0 aliphatic carbocycles. The minimum Gasteiger partial charge on any atom is -0.396 e. The first-order valence-corrected chi connectivity index (χ1v) is 9.41. The standard InChI is InChI=1S/C20H27N5O2/c1-15(20(27)21-11-16-6-3-2-4-7-16)24-18-10-19(23-14-22-18)25-9-5-8-17(12-25)13-26/h2-4,6-7,10,14-15,17,26H,5,8-9,11-13H2,1H3,(H,21,27)(H,22,23,24). The van der Waals surface area contributed by atoms with Gasteiger partial charge in [-0.3, -0.25) is 4.79 Å². The molecule has 144 valence electrons. The Morgan fingerprint density at radius 3 is 2.93 bits per heavy atom. The quantitative estimate of drug-likeness (QED) is 0.690. The zero-order chi connectivity index (χ0) is 19.1. The van der Waals surface area contributed by atoms with Crippen LogP contribution in [0.5, 0.6) is 0 Å². The number of nitrogens with zero attached hydrogens (tertiary/aromatic N) is 3. The summed E-state index contributed by atoms with van der Waals surface area (Å²) in [6, 6.07) is 11.3. The molecular formula is C20H27N5O2. The van der Waals surface area contributed by atoms with Crippen molar-refractivity contribution in [3.05, 3.63) is 48.3 Å². The van der Waals surface area contributed by atoms with Gasteiger partial charge in [-0.15, -0.1) is 0 Å². The van der Waals surface area contributed by atoms with Gasteiger partial charge in [0.15, 0.2) is 0 Å². The summed E-state index contributed by atoms with van der Waals surface area (Å²) in [5.41, 5.74) is 1.06. The number of nitrogens with one attached hydrogen (secondary N) is 2. The summed E-state index contributed by atoms with van der Waals surface area (Å²) >= 11 is 0. The summed E-state index contributed by atoms with van der Waals surface area (Å²) in [6.07, 6.45) is 3.59. The van der Waals surface area contributed by atoms with E-state index in [2.05, 4.69) is 25.5 Å². The molecule has 7 heteroatoms. The molecule has 0 saturated carbocycles. The van der Waals surface area contributed by atoms with Crippen molar-refractivity contribution in [2.45, 2.75) is 32.4 Å². The summed E-state index contributed by atoms with van der Waals surface area (Å²) in [5.74, 6) is 1.64. The van der Waals surface area contributed by atoms with Crippen molar-refractivity contribution in [1.29, 1.82) is 0 Å². The highest BCUT2D eigenvalue weighted by Crippen LogP contribution is 2.22. The highest BCUT2D eigenvalue weighted by molar-refractivity contribution is 5.83. The number of piperidine rings is 1. The molecule has 3 rings (SSSR count). The van der Waals surface area contributed by atoms with Gasteiger partial charge in [0.1, 0.15) is 24.0 Å². The lowest BCUT2D eigenvalue weighted by Gasteiger charge is -2.32. The maximum absolute atomic E-state index is 12.3. The van der Waals surface area contributed by atoms with Crippen LogP contribution in [0.1, 0.15) is 25.3 Å². The van der Waals surface area contributed by atoms with Gasteiger partial charge in [-0.1, -0.05) is 30.3 Å². The van der Waals surface area contributed by atoms with Gasteiger partial charge in [-0.05, 0) is 31.2 Å². The lowest BCUT2D eigenvalue weighted by molar-refractivity contribution is -0.121. The molecule has 1 amide bonds. The third-order valence-electron chi connectivity index (χ3n) is 4.82. The molecule has 0 bridgehead atoms. The van der Waals surface area contributed by atoms with Crippen LogP contribution < -0.4 is 15.5 Å². The zero-order valence-corrected chi connectivity index (χ0v) is 15.6. The third-order valence-corrected chi connectivity index (χ3v) is 4.82. The van der Waals surface area contributed by atoms with Crippen molar-refractivity contribution >= 4 is 17.5 Å². The predicted octanol–water partition coefficient (Wildman–Crippen LogP) is 1.80. The van der Waals surface area contributed by atoms with Gasteiger partial charge in [-0.25, -0.2) is 9.97 Å². The SMILES string of the molecule is CC(Nc1cc(N2CCCC(CO)C2)ncn1)C(=O)NCc1ccccc1. The van der Waals surface area contributed by atoms with Gasteiger partial charge in [0.25, 0.3) is 0 Å². The number of amides is 1. The number of aliphatic hydroxyl groups excluding tert-OH is 1. The Bertz CT molecular complexity index is 740. The van der Waals surface area contributed by atoms with Gasteiger partial charge in [-0.2, -0.15) is 0 Å². The first kappa shape index (κ1) is 19.1. The second kappa shape index (κ2) is 9.32. The fourth-order valence-corrected chi connectivity index (χ4v) is 3.25. The van der Waals surface area contributed by atoms with Crippen LogP contribution in [0.25, 0.3) is 0 Å². The van der Waals surface area contributed by atoms with Gasteiger partial charge < -0.3 is 20.6 Å². The minimum absolute atomic E-state index is 0.0858. The fraction of sp³-hybridized carbons (Fsp3) is 0.450. The van der Waals surface area contributed by atoms with Crippen LogP contribution >= 0.6 is 0 Å². The molecule has 1 fully saturated rings. The average Bonchev–Trinajstić information content (AvgIpc) is 2.73. The summed E-state index contributed by atoms with van der Waals surface area (Å²) in [6.45, 7) is 4.22. The number of carbonyl (C=O) groups excluding carboxylic acids is 1. The normalized spacial score (nSPS) is 18.0. The summed E-state index contributed by atoms with van der Waals surface area (Å²) < 4.78 is 0. The zero-order valence-electron chi connectivity index (χ0n) is 15.6. The molecule has 2 unspecified atom stereocenters. The lowest BCUT2D eigenvalue weighted by Crippen LogP contribution is -2.38. The number of aliphatic hydroxyl groups is 1. The van der Waals surface area contributed by atoms with E-state index in [0.717, 1.165) is 37.3 Å². The Balaban J connectivity index is 1.56. The average molecular weight is 369 g/mol. The van der Waals surface area contributed by atoms with E-state index in [1.54, 1.807) is 0 Å². The van der Waals surface area contributed by atoms with Crippen molar-refractivity contribution in [2.24, 2.45) is 5.92 Å². The number of anilines is 2. The van der Waals surface area contributed by atoms with Gasteiger partial charge in [0, 0.05) is 32.3 Å². The monoisotopic (exact) mass is 369 g/mol. The number of hydrogen-bond donors (Lipinski definition) is 3. The maximum atomic E-state index is 12.3. The van der Waals surface area contributed by atoms with E-state index < -0.39 is 6.04 Å². The Labute approximate surface area is 159 Å². The second-order valence-electron chi connectivity index (χ2n) is 6.97. The Morgan fingerprint density at radius 1 is 1.33 bits per heavy atom. The Morgan fingerprint density at radius 2 is 2.15 bits per heavy atom. The molecule has 1 saturated heterocycles. The van der Waals surface area contributed by atoms with E-state index in [1.807, 2.05) is 43.3 Å². The van der Waals surface area contributed by atoms with E-state index in [1.165, 1.54) is 6.33 Å². The molecule has 0 spiro atoms. The number of benzene rings is 1. The van der Waals surface area contributed by atoms with Gasteiger partial charge >= 0.3 is 0 Å². The molecule has 1 aliphatic rings. The van der Waals surface area contributed by atoms with Crippen molar-refractivity contribution in [3.8, 4) is 0 Å². The highest BCUT2D eigenvalue weighted by Gasteiger charge is 2.21. The smallest absolute Gasteiger partial charge is 0.242 e. The van der Waals surface area contributed by atoms with Crippen LogP contribution in [0.3, 0.4) is 0 Å². The van der Waals surface area contributed by atoms with Crippen LogP contribution in [0.15, 0.2) is 42.7 Å². The summed E-state index contributed by atoms with van der Waals surface area (Å²) in [7, 11) is 0. The van der Waals surface area contributed by atoms with Gasteiger partial charge in [0.2, 0.25) is 5.91 Å². The molecule has 27 heavy (non-hydrogen) atoms. The predicted molar refractivity (Wildman–Crippen MR) is 105 cm³/mol. The second-order valence-corrected chi connectivity index (χ2v) is 6.97. The van der Waals surface area contributed by atoms with Crippen molar-refractivity contribution < 1.29 is 9.90 Å². The molecule has 1 aromatic carbocycles. The van der Waals surface area contributed by atoms with E-state index in [0.29, 0.717) is 12.4 Å². The van der Waals surface area contributed by atoms with Crippen LogP contribution in [0, 0.1) is 5.92 Å². The van der Waals surface area contributed by atoms with Crippen LogP contribution in [-0.4, -0.2) is 46.7 Å². The Kier molecular flexibility index (Phi) is 6.59. The topological polar surface area (TPSA) is 90.4 Å². The lowest BCUT2D eigenvalue weighted by atomic mass is 9.99. The van der Waals surface area contributed by atoms with E-state index in [9.17, 15) is 9.90 Å². The number of rotatable bonds is 7. The van der Waals surface area contributed by atoms with Crippen LogP contribution in [0.2, 0.25) is 0 Å². The van der Waals surface area contributed by atoms with Crippen LogP contribution in [0.4, 0.5) is 11.6 Å². The van der Waals surface area contributed by atoms with Gasteiger partial charge in [0.05, 0.1) is 0 Å². The largest absolute Gasteiger partial charge is 0.396 e. The Hall–Kier alpha value is -2.67. The summed E-state index contributed by atoms with van der Waals surface area (Å²) in [4.78, 5) is 23.1. The number of aromatic nitrogens is 2. The molecule has 0 radical (unpaired) electrons. The minimum atomic E-state index is -0.414. The highest BCUT2D eigenvalue weighted by atomic mass is 16.3. The van der Waals surface area contributed by atoms with E-state index >= 15 is 0 Å². The molecule has 3 N–H and O–H groups in total. The molecule has 1 aromatic heterocycles. The number of carbonyl (C=O) groups is 1. The van der Waals surface area contributed by atoms with E-state index in [4.69, 9.17) is 0 Å². The van der Waals surface area contributed by atoms with E-state index in [-0.39, 0.29) is 18.4 Å². The van der Waals surface area contributed by atoms with Crippen molar-refractivity contribution in [3.63, 3.8) is 0 Å². The van der Waals surface area contributed by atoms with Crippen LogP contribution in [-0.2, 0) is 11.3 Å². The van der Waals surface area contributed by atoms with Crippen molar-refractivity contribution in [2.75, 3.05) is 29.9 Å². The summed E-state index contributed by atoms with van der Waals surface area (Å²) in [5, 5.41) is 15.5. The molecular weight excluding hydrogens is 342 g/mol. The molecule has 2 heterocycles. The van der Waals surface area contributed by atoms with Crippen molar-refractivity contribution in [1.82, 2.24) is 15.3 Å². The molecule has 2 atom stereocenters. The third kappa shape index (κ3) is 5.40. The number of hydrogen-bond acceptors (Lipinski definition) is 6. The molecule has 1 aliphatic heterocycles. The first-order valence-electron chi connectivity index (χ1n) is 9.41.